The van der Waals surface area contributed by atoms with Crippen molar-refractivity contribution < 1.29 is 23.4 Å². The summed E-state index contributed by atoms with van der Waals surface area (Å²) in [4.78, 5) is 15.3. The van der Waals surface area contributed by atoms with Crippen molar-refractivity contribution in [2.45, 2.75) is 71.6 Å². The van der Waals surface area contributed by atoms with E-state index in [0.29, 0.717) is 30.4 Å². The van der Waals surface area contributed by atoms with Crippen molar-refractivity contribution in [3.05, 3.63) is 23.3 Å². The second-order valence-electron chi connectivity index (χ2n) is 10.2. The summed E-state index contributed by atoms with van der Waals surface area (Å²) in [6.07, 6.45) is 2.87. The zero-order chi connectivity index (χ0) is 24.1. The smallest absolute Gasteiger partial charge is 0.323 e. The molecule has 2 aliphatic heterocycles. The lowest BCUT2D eigenvalue weighted by atomic mass is 9.79. The number of methoxy groups -OCH3 is 1. The Labute approximate surface area is 197 Å². The highest BCUT2D eigenvalue weighted by atomic mass is 19.1. The molecule has 0 aromatic heterocycles. The molecule has 6 nitrogen and oxygen atoms in total. The number of carbonyl (C=O) groups excluding carboxylic acids is 1. The number of halogens is 1. The lowest BCUT2D eigenvalue weighted by Crippen LogP contribution is -2.51. The van der Waals surface area contributed by atoms with Crippen LogP contribution in [0.5, 0.6) is 11.5 Å². The normalized spacial score (nSPS) is 23.7. The van der Waals surface area contributed by atoms with Gasteiger partial charge in [0.2, 0.25) is 0 Å². The van der Waals surface area contributed by atoms with Crippen LogP contribution in [0.4, 0.5) is 4.39 Å². The first kappa shape index (κ1) is 25.8. The number of esters is 1. The predicted octanol–water partition coefficient (Wildman–Crippen LogP) is 4.29. The quantitative estimate of drug-likeness (QED) is 0.411. The summed E-state index contributed by atoms with van der Waals surface area (Å²) >= 11 is 0. The summed E-state index contributed by atoms with van der Waals surface area (Å²) in [5.41, 5.74) is 8.52. The van der Waals surface area contributed by atoms with E-state index in [1.165, 1.54) is 11.1 Å². The minimum atomic E-state index is -0.606. The zero-order valence-electron chi connectivity index (χ0n) is 20.8. The average Bonchev–Trinajstić information content (AvgIpc) is 2.78. The molecule has 2 N–H and O–H groups in total. The number of alkyl halides is 1. The van der Waals surface area contributed by atoms with E-state index in [9.17, 15) is 9.18 Å². The van der Waals surface area contributed by atoms with E-state index in [4.69, 9.17) is 19.9 Å². The molecule has 4 unspecified atom stereocenters. The van der Waals surface area contributed by atoms with Crippen LogP contribution in [0.3, 0.4) is 0 Å². The maximum absolute atomic E-state index is 12.7. The lowest BCUT2D eigenvalue weighted by Gasteiger charge is -2.47. The van der Waals surface area contributed by atoms with Gasteiger partial charge in [-0.2, -0.15) is 0 Å². The molecule has 0 radical (unpaired) electrons. The third kappa shape index (κ3) is 6.18. The Morgan fingerprint density at radius 3 is 2.64 bits per heavy atom. The molecular formula is C26H41FN2O4. The van der Waals surface area contributed by atoms with Crippen LogP contribution < -0.4 is 15.2 Å². The fourth-order valence-corrected chi connectivity index (χ4v) is 5.07. The molecular weight excluding hydrogens is 423 g/mol. The Balaban J connectivity index is 1.85. The minimum Gasteiger partial charge on any atom is -0.493 e. The van der Waals surface area contributed by atoms with Crippen LogP contribution in [0.1, 0.15) is 64.1 Å². The average molecular weight is 465 g/mol. The second-order valence-corrected chi connectivity index (χ2v) is 10.2. The summed E-state index contributed by atoms with van der Waals surface area (Å²) in [5.74, 6) is 1.87. The third-order valence-corrected chi connectivity index (χ3v) is 6.91. The number of piperidine rings is 1. The standard InChI is InChI=1S/C26H41FN2O4/c1-16(2)11-19-15-29-9-7-18-12-24(32-10-6-8-27)23(31-5)13-20(18)21(29)14-22(19)33-26(30)25(28)17(3)4/h12-13,16-17,19,21-22,25H,6-11,14-15,28H2,1-5H3. The molecule has 1 saturated heterocycles. The molecule has 2 aliphatic rings. The van der Waals surface area contributed by atoms with E-state index in [-0.39, 0.29) is 30.0 Å². The fraction of sp³-hybridized carbons (Fsp3) is 0.731. The van der Waals surface area contributed by atoms with Gasteiger partial charge >= 0.3 is 5.97 Å². The molecule has 4 atom stereocenters. The van der Waals surface area contributed by atoms with Crippen molar-refractivity contribution in [1.82, 2.24) is 4.90 Å². The number of benzene rings is 1. The molecule has 2 heterocycles. The summed E-state index contributed by atoms with van der Waals surface area (Å²) in [5, 5.41) is 0. The Hall–Kier alpha value is -1.86. The molecule has 1 fully saturated rings. The van der Waals surface area contributed by atoms with Crippen molar-refractivity contribution in [1.29, 1.82) is 0 Å². The van der Waals surface area contributed by atoms with Gasteiger partial charge < -0.3 is 19.9 Å². The maximum atomic E-state index is 12.7. The Morgan fingerprint density at radius 1 is 1.24 bits per heavy atom. The number of carbonyl (C=O) groups is 1. The number of hydrogen-bond acceptors (Lipinski definition) is 6. The third-order valence-electron chi connectivity index (χ3n) is 6.91. The Kier molecular flexibility index (Phi) is 8.99. The number of ether oxygens (including phenoxy) is 3. The van der Waals surface area contributed by atoms with Crippen molar-refractivity contribution in [3.63, 3.8) is 0 Å². The van der Waals surface area contributed by atoms with Crippen molar-refractivity contribution in [2.75, 3.05) is 33.5 Å². The largest absolute Gasteiger partial charge is 0.493 e. The monoisotopic (exact) mass is 464 g/mol. The van der Waals surface area contributed by atoms with E-state index in [2.05, 4.69) is 24.8 Å². The van der Waals surface area contributed by atoms with E-state index in [1.54, 1.807) is 7.11 Å². The van der Waals surface area contributed by atoms with Gasteiger partial charge in [-0.1, -0.05) is 27.7 Å². The molecule has 7 heteroatoms. The molecule has 0 aliphatic carbocycles. The number of nitrogens with two attached hydrogens (primary N) is 1. The van der Waals surface area contributed by atoms with Crippen LogP contribution in [-0.2, 0) is 16.0 Å². The highest BCUT2D eigenvalue weighted by Crippen LogP contribution is 2.44. The molecule has 3 rings (SSSR count). The van der Waals surface area contributed by atoms with Gasteiger partial charge in [-0.15, -0.1) is 0 Å². The highest BCUT2D eigenvalue weighted by Gasteiger charge is 2.41. The Morgan fingerprint density at radius 2 is 2.00 bits per heavy atom. The molecule has 0 amide bonds. The van der Waals surface area contributed by atoms with Crippen molar-refractivity contribution in [2.24, 2.45) is 23.5 Å². The minimum absolute atomic E-state index is 0.0385. The summed E-state index contributed by atoms with van der Waals surface area (Å²) in [6, 6.07) is 3.64. The van der Waals surface area contributed by atoms with Crippen LogP contribution in [-0.4, -0.2) is 56.5 Å². The van der Waals surface area contributed by atoms with Gasteiger partial charge in [-0.3, -0.25) is 14.1 Å². The first-order valence-corrected chi connectivity index (χ1v) is 12.3. The fourth-order valence-electron chi connectivity index (χ4n) is 5.07. The van der Waals surface area contributed by atoms with E-state index in [0.717, 1.165) is 32.4 Å². The molecule has 1 aromatic rings. The molecule has 0 saturated carbocycles. The lowest BCUT2D eigenvalue weighted by molar-refractivity contribution is -0.160. The molecule has 1 aromatic carbocycles. The van der Waals surface area contributed by atoms with E-state index >= 15 is 0 Å². The van der Waals surface area contributed by atoms with Gasteiger partial charge in [0.05, 0.1) is 20.4 Å². The first-order chi connectivity index (χ1) is 15.7. The Bertz CT molecular complexity index is 801. The number of rotatable bonds is 10. The van der Waals surface area contributed by atoms with E-state index < -0.39 is 12.7 Å². The molecule has 0 bridgehead atoms. The number of nitrogens with zero attached hydrogens (tertiary/aromatic N) is 1. The predicted molar refractivity (Wildman–Crippen MR) is 127 cm³/mol. The van der Waals surface area contributed by atoms with Crippen molar-refractivity contribution >= 4 is 5.97 Å². The van der Waals surface area contributed by atoms with Gasteiger partial charge in [-0.05, 0) is 47.9 Å². The van der Waals surface area contributed by atoms with Gasteiger partial charge in [0.25, 0.3) is 0 Å². The van der Waals surface area contributed by atoms with Gasteiger partial charge in [0.1, 0.15) is 12.1 Å². The SMILES string of the molecule is COc1cc2c(cc1OCCCF)CCN1CC(CC(C)C)C(OC(=O)C(N)C(C)C)CC21. The van der Waals surface area contributed by atoms with Gasteiger partial charge in [-0.25, -0.2) is 0 Å². The molecule has 33 heavy (non-hydrogen) atoms. The zero-order valence-corrected chi connectivity index (χ0v) is 20.8. The first-order valence-electron chi connectivity index (χ1n) is 12.3. The number of hydrogen-bond donors (Lipinski definition) is 1. The van der Waals surface area contributed by atoms with Gasteiger partial charge in [0, 0.05) is 37.9 Å². The van der Waals surface area contributed by atoms with Gasteiger partial charge in [0.15, 0.2) is 11.5 Å². The molecule has 0 spiro atoms. The van der Waals surface area contributed by atoms with Crippen LogP contribution >= 0.6 is 0 Å². The van der Waals surface area contributed by atoms with Crippen LogP contribution in [0, 0.1) is 17.8 Å². The summed E-state index contributed by atoms with van der Waals surface area (Å²) in [6.45, 7) is 10.1. The topological polar surface area (TPSA) is 74.0 Å². The van der Waals surface area contributed by atoms with Crippen molar-refractivity contribution in [3.8, 4) is 11.5 Å². The number of fused-ring (bicyclic) bond motifs is 3. The van der Waals surface area contributed by atoms with Crippen LogP contribution in [0.2, 0.25) is 0 Å². The van der Waals surface area contributed by atoms with Crippen LogP contribution in [0.15, 0.2) is 12.1 Å². The maximum Gasteiger partial charge on any atom is 0.323 e. The summed E-state index contributed by atoms with van der Waals surface area (Å²) in [7, 11) is 1.63. The van der Waals surface area contributed by atoms with Crippen LogP contribution in [0.25, 0.3) is 0 Å². The highest BCUT2D eigenvalue weighted by molar-refractivity contribution is 5.76. The molecule has 186 valence electrons. The second kappa shape index (κ2) is 11.5. The summed E-state index contributed by atoms with van der Waals surface area (Å²) < 4.78 is 30.0. The van der Waals surface area contributed by atoms with E-state index in [1.807, 2.05) is 19.9 Å².